The van der Waals surface area contributed by atoms with Gasteiger partial charge in [0.15, 0.2) is 0 Å². The Bertz CT molecular complexity index is 105. The van der Waals surface area contributed by atoms with E-state index in [-0.39, 0.29) is 5.24 Å². The first-order chi connectivity index (χ1) is 3.80. The number of amides is 1. The summed E-state index contributed by atoms with van der Waals surface area (Å²) >= 11 is 1.39. The molecule has 0 aromatic carbocycles. The molecule has 0 aliphatic carbocycles. The Kier molecular flexibility index (Phi) is 1.91. The van der Waals surface area contributed by atoms with Crippen molar-refractivity contribution in [3.63, 3.8) is 0 Å². The summed E-state index contributed by atoms with van der Waals surface area (Å²) < 4.78 is 0. The fourth-order valence-corrected chi connectivity index (χ4v) is 1.43. The van der Waals surface area contributed by atoms with Gasteiger partial charge < -0.3 is 4.90 Å². The lowest BCUT2D eigenvalue weighted by Gasteiger charge is -2.20. The Morgan fingerprint density at radius 2 is 2.50 bits per heavy atom. The number of thioether (sulfide) groups is 1. The molecule has 0 radical (unpaired) electrons. The molecule has 0 aromatic heterocycles. The minimum atomic E-state index is 0.191. The normalized spacial score (nSPS) is 30.6. The Morgan fingerprint density at radius 3 is 2.88 bits per heavy atom. The molecule has 3 heteroatoms. The van der Waals surface area contributed by atoms with Gasteiger partial charge in [0.25, 0.3) is 0 Å². The maximum absolute atomic E-state index is 10.7. The fraction of sp³-hybridized carbons (Fsp3) is 0.600. The highest BCUT2D eigenvalue weighted by Gasteiger charge is 2.14. The molecule has 1 saturated heterocycles. The van der Waals surface area contributed by atoms with E-state index in [0.717, 1.165) is 23.6 Å². The van der Waals surface area contributed by atoms with Gasteiger partial charge in [-0.1, -0.05) is 0 Å². The summed E-state index contributed by atoms with van der Waals surface area (Å²) in [5, 5.41) is 0.191. The first-order valence-electron chi connectivity index (χ1n) is 2.65. The summed E-state index contributed by atoms with van der Waals surface area (Å²) in [5.41, 5.74) is 0. The van der Waals surface area contributed by atoms with Crippen molar-refractivity contribution in [1.29, 1.82) is 0 Å². The lowest BCUT2D eigenvalue weighted by Crippen LogP contribution is -3.09. The monoisotopic (exact) mass is 131 g/mol. The second kappa shape index (κ2) is 2.51. The van der Waals surface area contributed by atoms with E-state index >= 15 is 0 Å². The molecule has 0 saturated carbocycles. The van der Waals surface area contributed by atoms with Crippen LogP contribution in [-0.2, 0) is 0 Å². The van der Waals surface area contributed by atoms with Crippen molar-refractivity contribution in [2.75, 3.05) is 12.3 Å². The zero-order chi connectivity index (χ0) is 5.98. The van der Waals surface area contributed by atoms with Crippen LogP contribution in [0.15, 0.2) is 0 Å². The van der Waals surface area contributed by atoms with Crippen LogP contribution in [0, 0.1) is 7.05 Å². The van der Waals surface area contributed by atoms with Crippen LogP contribution in [0.4, 0.5) is 4.79 Å². The molecular formula is C5H9NOS. The van der Waals surface area contributed by atoms with Crippen molar-refractivity contribution in [3.05, 3.63) is 7.05 Å². The summed E-state index contributed by atoms with van der Waals surface area (Å²) in [4.78, 5) is 11.5. The van der Waals surface area contributed by atoms with Gasteiger partial charge in [-0.15, -0.1) is 7.05 Å². The van der Waals surface area contributed by atoms with E-state index in [1.165, 1.54) is 11.8 Å². The van der Waals surface area contributed by atoms with Crippen molar-refractivity contribution in [2.45, 2.75) is 6.42 Å². The third kappa shape index (κ3) is 1.23. The van der Waals surface area contributed by atoms with Crippen LogP contribution in [0.25, 0.3) is 0 Å². The van der Waals surface area contributed by atoms with Crippen LogP contribution in [-0.4, -0.2) is 17.5 Å². The standard InChI is InChI=1S/C5H9NOS/c1-6-3-2-4-8-5(6)7/h6H,1-4H2. The third-order valence-electron chi connectivity index (χ3n) is 1.14. The van der Waals surface area contributed by atoms with Crippen LogP contribution in [0.3, 0.4) is 0 Å². The minimum Gasteiger partial charge on any atom is -0.394 e. The summed E-state index contributed by atoms with van der Waals surface area (Å²) in [5.74, 6) is 0.984. The molecule has 1 unspecified atom stereocenters. The van der Waals surface area contributed by atoms with E-state index in [1.54, 1.807) is 0 Å². The Morgan fingerprint density at radius 1 is 1.75 bits per heavy atom. The van der Waals surface area contributed by atoms with Crippen molar-refractivity contribution >= 4 is 17.0 Å². The van der Waals surface area contributed by atoms with Crippen molar-refractivity contribution in [1.82, 2.24) is 0 Å². The van der Waals surface area contributed by atoms with Crippen LogP contribution < -0.4 is 4.90 Å². The van der Waals surface area contributed by atoms with E-state index in [9.17, 15) is 4.79 Å². The van der Waals surface area contributed by atoms with Gasteiger partial charge in [-0.2, -0.15) is 0 Å². The molecule has 1 aliphatic rings. The lowest BCUT2D eigenvalue weighted by molar-refractivity contribution is -0.758. The average Bonchev–Trinajstić information content (AvgIpc) is 1.77. The van der Waals surface area contributed by atoms with Gasteiger partial charge in [0, 0.05) is 12.2 Å². The maximum atomic E-state index is 10.7. The number of nitrogens with one attached hydrogen (secondary N) is 1. The zero-order valence-electron chi connectivity index (χ0n) is 4.64. The van der Waals surface area contributed by atoms with E-state index < -0.39 is 0 Å². The number of hydrogen-bond donors (Lipinski definition) is 1. The molecule has 1 atom stereocenters. The van der Waals surface area contributed by atoms with Crippen molar-refractivity contribution < 1.29 is 9.69 Å². The molecule has 0 aromatic rings. The highest BCUT2D eigenvalue weighted by molar-refractivity contribution is 8.13. The van der Waals surface area contributed by atoms with Gasteiger partial charge in [-0.05, 0) is 11.8 Å². The molecule has 1 amide bonds. The summed E-state index contributed by atoms with van der Waals surface area (Å²) in [6.45, 7) is 0.909. The smallest absolute Gasteiger partial charge is 0.347 e. The fourth-order valence-electron chi connectivity index (χ4n) is 0.655. The topological polar surface area (TPSA) is 21.5 Å². The number of rotatable bonds is 0. The molecule has 1 N–H and O–H groups in total. The molecule has 1 aliphatic heterocycles. The second-order valence-electron chi connectivity index (χ2n) is 1.84. The molecular weight excluding hydrogens is 122 g/mol. The summed E-state index contributed by atoms with van der Waals surface area (Å²) in [7, 11) is 3.62. The Balaban J connectivity index is 2.39. The van der Waals surface area contributed by atoms with E-state index in [4.69, 9.17) is 0 Å². The number of hydrogen-bond acceptors (Lipinski definition) is 2. The lowest BCUT2D eigenvalue weighted by atomic mass is 10.4. The number of quaternary nitrogens is 1. The molecule has 8 heavy (non-hydrogen) atoms. The van der Waals surface area contributed by atoms with Crippen LogP contribution in [0.1, 0.15) is 6.42 Å². The van der Waals surface area contributed by atoms with Gasteiger partial charge in [-0.25, -0.2) is 4.79 Å². The average molecular weight is 131 g/mol. The molecule has 2 nitrogen and oxygen atoms in total. The van der Waals surface area contributed by atoms with Crippen LogP contribution >= 0.6 is 11.8 Å². The van der Waals surface area contributed by atoms with Gasteiger partial charge in [-0.3, -0.25) is 0 Å². The van der Waals surface area contributed by atoms with E-state index in [0.29, 0.717) is 0 Å². The second-order valence-corrected chi connectivity index (χ2v) is 2.91. The van der Waals surface area contributed by atoms with Crippen molar-refractivity contribution in [3.8, 4) is 0 Å². The Labute approximate surface area is 53.2 Å². The largest absolute Gasteiger partial charge is 0.394 e. The first kappa shape index (κ1) is 6.11. The van der Waals surface area contributed by atoms with Gasteiger partial charge in [0.05, 0.1) is 6.54 Å². The first-order valence-corrected chi connectivity index (χ1v) is 3.64. The zero-order valence-corrected chi connectivity index (χ0v) is 5.46. The molecule has 0 bridgehead atoms. The Hall–Kier alpha value is -0.0200. The van der Waals surface area contributed by atoms with Gasteiger partial charge >= 0.3 is 5.24 Å². The molecule has 1 fully saturated rings. The molecule has 1 rings (SSSR count). The maximum Gasteiger partial charge on any atom is 0.347 e. The van der Waals surface area contributed by atoms with Crippen LogP contribution in [0.5, 0.6) is 0 Å². The number of carbonyl (C=O) groups is 1. The van der Waals surface area contributed by atoms with E-state index in [2.05, 4.69) is 7.05 Å². The highest BCUT2D eigenvalue weighted by atomic mass is 32.2. The molecule has 1 heterocycles. The predicted octanol–water partition coefficient (Wildman–Crippen LogP) is -0.0802. The summed E-state index contributed by atoms with van der Waals surface area (Å²) in [6.07, 6.45) is 1.12. The highest BCUT2D eigenvalue weighted by Crippen LogP contribution is 2.03. The van der Waals surface area contributed by atoms with E-state index in [1.807, 2.05) is 0 Å². The predicted molar refractivity (Wildman–Crippen MR) is 33.7 cm³/mol. The molecule has 46 valence electrons. The SMILES string of the molecule is [CH2-][NH+]1CCCSC1=O. The quantitative estimate of drug-likeness (QED) is 0.464. The third-order valence-corrected chi connectivity index (χ3v) is 2.19. The van der Waals surface area contributed by atoms with Gasteiger partial charge in [0.2, 0.25) is 0 Å². The van der Waals surface area contributed by atoms with Crippen LogP contribution in [0.2, 0.25) is 0 Å². The number of carbonyl (C=O) groups excluding carboxylic acids is 1. The van der Waals surface area contributed by atoms with Crippen molar-refractivity contribution in [2.24, 2.45) is 0 Å². The minimum absolute atomic E-state index is 0.191. The summed E-state index contributed by atoms with van der Waals surface area (Å²) in [6, 6.07) is 0. The van der Waals surface area contributed by atoms with Gasteiger partial charge in [0.1, 0.15) is 0 Å². The molecule has 0 spiro atoms.